The van der Waals surface area contributed by atoms with Crippen molar-refractivity contribution < 1.29 is 14.4 Å². The van der Waals surface area contributed by atoms with Crippen LogP contribution < -0.4 is 5.48 Å². The molecule has 0 aliphatic carbocycles. The van der Waals surface area contributed by atoms with Gasteiger partial charge >= 0.3 is 5.97 Å². The number of benzene rings is 3. The summed E-state index contributed by atoms with van der Waals surface area (Å²) in [5.74, 6) is -0.952. The Morgan fingerprint density at radius 2 is 1.64 bits per heavy atom. The number of halogens is 1. The second kappa shape index (κ2) is 8.92. The Labute approximate surface area is 166 Å². The van der Waals surface area contributed by atoms with E-state index in [1.165, 1.54) is 0 Å². The van der Waals surface area contributed by atoms with Crippen LogP contribution in [0.15, 0.2) is 83.0 Å². The summed E-state index contributed by atoms with van der Waals surface area (Å²) in [6, 6.07) is 20.1. The van der Waals surface area contributed by atoms with Crippen molar-refractivity contribution in [3.8, 4) is 0 Å². The number of nitrogens with one attached hydrogen (secondary N) is 1. The molecule has 28 heavy (non-hydrogen) atoms. The molecule has 0 spiro atoms. The monoisotopic (exact) mass is 393 g/mol. The molecule has 7 heteroatoms. The van der Waals surface area contributed by atoms with Gasteiger partial charge in [-0.3, -0.25) is 4.79 Å². The standard InChI is InChI=1S/C21H16ClN3O3/c1-14-3-2-4-16(13-14)20(26)24-23-18-9-11-19(12-10-18)25-28-21(27)15-5-7-17(22)8-6-15/h2-13,25H,1H3. The van der Waals surface area contributed by atoms with Crippen LogP contribution in [0.1, 0.15) is 26.3 Å². The fraction of sp³-hybridized carbons (Fsp3) is 0.0476. The summed E-state index contributed by atoms with van der Waals surface area (Å²) in [6.07, 6.45) is 0. The zero-order valence-corrected chi connectivity index (χ0v) is 15.7. The van der Waals surface area contributed by atoms with E-state index in [1.807, 2.05) is 13.0 Å². The van der Waals surface area contributed by atoms with Gasteiger partial charge in [0.2, 0.25) is 0 Å². The SMILES string of the molecule is Cc1cccc(C(=O)N=Nc2ccc(NOC(=O)c3ccc(Cl)cc3)cc2)c1. The number of amides is 1. The Morgan fingerprint density at radius 3 is 2.32 bits per heavy atom. The minimum atomic E-state index is -0.538. The van der Waals surface area contributed by atoms with Crippen molar-refractivity contribution >= 4 is 34.9 Å². The Balaban J connectivity index is 1.56. The van der Waals surface area contributed by atoms with Crippen molar-refractivity contribution in [3.05, 3.63) is 94.5 Å². The van der Waals surface area contributed by atoms with Gasteiger partial charge in [0.05, 0.1) is 16.9 Å². The molecule has 1 N–H and O–H groups in total. The second-order valence-corrected chi connectivity index (χ2v) is 6.36. The predicted octanol–water partition coefficient (Wildman–Crippen LogP) is 5.76. The van der Waals surface area contributed by atoms with Gasteiger partial charge in [-0.15, -0.1) is 10.2 Å². The van der Waals surface area contributed by atoms with Crippen molar-refractivity contribution in [2.45, 2.75) is 6.92 Å². The Morgan fingerprint density at radius 1 is 0.929 bits per heavy atom. The topological polar surface area (TPSA) is 80.1 Å². The number of anilines is 1. The average molecular weight is 394 g/mol. The molecule has 0 unspecified atom stereocenters. The minimum absolute atomic E-state index is 0.372. The zero-order valence-electron chi connectivity index (χ0n) is 14.9. The maximum atomic E-state index is 12.0. The number of azo groups is 1. The third-order valence-corrected chi connectivity index (χ3v) is 3.98. The zero-order chi connectivity index (χ0) is 19.9. The molecule has 0 bridgehead atoms. The predicted molar refractivity (Wildman–Crippen MR) is 107 cm³/mol. The Hall–Kier alpha value is -3.51. The van der Waals surface area contributed by atoms with E-state index in [1.54, 1.807) is 66.7 Å². The van der Waals surface area contributed by atoms with Crippen molar-refractivity contribution in [1.82, 2.24) is 0 Å². The molecule has 0 fully saturated rings. The van der Waals surface area contributed by atoms with Gasteiger partial charge in [-0.05, 0) is 67.6 Å². The van der Waals surface area contributed by atoms with Gasteiger partial charge in [0.15, 0.2) is 0 Å². The molecule has 0 saturated heterocycles. The molecule has 6 nitrogen and oxygen atoms in total. The normalized spacial score (nSPS) is 10.6. The lowest BCUT2D eigenvalue weighted by molar-refractivity contribution is 0.0596. The van der Waals surface area contributed by atoms with E-state index < -0.39 is 11.9 Å². The van der Waals surface area contributed by atoms with E-state index in [0.717, 1.165) is 5.56 Å². The molecule has 0 saturated carbocycles. The summed E-state index contributed by atoms with van der Waals surface area (Å²) in [7, 11) is 0. The van der Waals surface area contributed by atoms with Crippen molar-refractivity contribution in [3.63, 3.8) is 0 Å². The molecule has 0 aliphatic heterocycles. The number of carbonyl (C=O) groups excluding carboxylic acids is 2. The van der Waals surface area contributed by atoms with Crippen molar-refractivity contribution in [1.29, 1.82) is 0 Å². The summed E-state index contributed by atoms with van der Waals surface area (Å²) in [4.78, 5) is 29.0. The van der Waals surface area contributed by atoms with E-state index >= 15 is 0 Å². The summed E-state index contributed by atoms with van der Waals surface area (Å²) >= 11 is 5.79. The summed E-state index contributed by atoms with van der Waals surface area (Å²) in [5, 5.41) is 8.19. The van der Waals surface area contributed by atoms with Gasteiger partial charge in [-0.1, -0.05) is 29.3 Å². The van der Waals surface area contributed by atoms with Gasteiger partial charge in [0.1, 0.15) is 0 Å². The molecule has 3 aromatic carbocycles. The summed E-state index contributed by atoms with van der Waals surface area (Å²) in [6.45, 7) is 1.90. The van der Waals surface area contributed by atoms with Gasteiger partial charge in [-0.25, -0.2) is 10.3 Å². The molecular formula is C21H16ClN3O3. The first-order valence-electron chi connectivity index (χ1n) is 8.37. The number of carbonyl (C=O) groups is 2. The highest BCUT2D eigenvalue weighted by molar-refractivity contribution is 6.30. The molecule has 0 aromatic heterocycles. The molecule has 0 atom stereocenters. The molecule has 3 rings (SSSR count). The van der Waals surface area contributed by atoms with Gasteiger partial charge in [0, 0.05) is 10.6 Å². The maximum absolute atomic E-state index is 12.0. The van der Waals surface area contributed by atoms with Crippen molar-refractivity contribution in [2.75, 3.05) is 5.48 Å². The first-order valence-corrected chi connectivity index (χ1v) is 8.74. The number of aryl methyl sites for hydroxylation is 1. The quantitative estimate of drug-likeness (QED) is 0.441. The summed E-state index contributed by atoms with van der Waals surface area (Å²) in [5.41, 5.74) is 5.43. The smallest absolute Gasteiger partial charge is 0.338 e. The van der Waals surface area contributed by atoms with Crippen molar-refractivity contribution in [2.24, 2.45) is 10.2 Å². The van der Waals surface area contributed by atoms with Crippen LogP contribution in [0.3, 0.4) is 0 Å². The summed E-state index contributed by atoms with van der Waals surface area (Å²) < 4.78 is 0. The number of nitrogens with zero attached hydrogens (tertiary/aromatic N) is 2. The first kappa shape index (κ1) is 19.3. The molecule has 0 aliphatic rings. The third kappa shape index (κ3) is 5.25. The van der Waals surface area contributed by atoms with E-state index in [4.69, 9.17) is 16.4 Å². The molecule has 0 heterocycles. The lowest BCUT2D eigenvalue weighted by Crippen LogP contribution is -2.10. The highest BCUT2D eigenvalue weighted by atomic mass is 35.5. The lowest BCUT2D eigenvalue weighted by Gasteiger charge is -2.06. The number of hydrogen-bond acceptors (Lipinski definition) is 5. The fourth-order valence-electron chi connectivity index (χ4n) is 2.29. The van der Waals surface area contributed by atoms with Gasteiger partial charge in [-0.2, -0.15) is 0 Å². The molecule has 3 aromatic rings. The van der Waals surface area contributed by atoms with E-state index in [2.05, 4.69) is 15.7 Å². The number of rotatable bonds is 5. The van der Waals surface area contributed by atoms with E-state index in [0.29, 0.717) is 27.5 Å². The Bertz CT molecular complexity index is 1020. The van der Waals surface area contributed by atoms with Crippen LogP contribution in [0.25, 0.3) is 0 Å². The van der Waals surface area contributed by atoms with Crippen LogP contribution in [0.5, 0.6) is 0 Å². The highest BCUT2D eigenvalue weighted by Gasteiger charge is 2.07. The van der Waals surface area contributed by atoms with Gasteiger partial charge < -0.3 is 4.84 Å². The lowest BCUT2D eigenvalue weighted by atomic mass is 10.1. The van der Waals surface area contributed by atoms with Crippen LogP contribution in [0.4, 0.5) is 11.4 Å². The van der Waals surface area contributed by atoms with Crippen LogP contribution >= 0.6 is 11.6 Å². The van der Waals surface area contributed by atoms with Crippen LogP contribution in [-0.4, -0.2) is 11.9 Å². The second-order valence-electron chi connectivity index (χ2n) is 5.92. The largest absolute Gasteiger partial charge is 0.362 e. The molecular weight excluding hydrogens is 378 g/mol. The van der Waals surface area contributed by atoms with Crippen LogP contribution in [0.2, 0.25) is 5.02 Å². The minimum Gasteiger partial charge on any atom is -0.338 e. The van der Waals surface area contributed by atoms with Gasteiger partial charge in [0.25, 0.3) is 5.91 Å². The first-order chi connectivity index (χ1) is 13.5. The maximum Gasteiger partial charge on any atom is 0.362 e. The van der Waals surface area contributed by atoms with E-state index in [-0.39, 0.29) is 0 Å². The molecule has 0 radical (unpaired) electrons. The average Bonchev–Trinajstić information content (AvgIpc) is 2.71. The third-order valence-electron chi connectivity index (χ3n) is 3.73. The van der Waals surface area contributed by atoms with Crippen LogP contribution in [-0.2, 0) is 4.84 Å². The Kier molecular flexibility index (Phi) is 6.14. The van der Waals surface area contributed by atoms with E-state index in [9.17, 15) is 9.59 Å². The highest BCUT2D eigenvalue weighted by Crippen LogP contribution is 2.18. The van der Waals surface area contributed by atoms with Crippen LogP contribution in [0, 0.1) is 6.92 Å². The number of hydrogen-bond donors (Lipinski definition) is 1. The molecule has 1 amide bonds. The fourth-order valence-corrected chi connectivity index (χ4v) is 2.41. The molecule has 140 valence electrons.